The summed E-state index contributed by atoms with van der Waals surface area (Å²) in [5.41, 5.74) is 3.04. The summed E-state index contributed by atoms with van der Waals surface area (Å²) in [6.07, 6.45) is 0.951. The van der Waals surface area contributed by atoms with E-state index in [0.717, 1.165) is 31.0 Å². The average molecular weight is 384 g/mol. The molecule has 1 aliphatic rings. The molecule has 28 heavy (non-hydrogen) atoms. The van der Waals surface area contributed by atoms with Gasteiger partial charge in [0.2, 0.25) is 0 Å². The molecule has 0 saturated carbocycles. The first-order valence-corrected chi connectivity index (χ1v) is 9.52. The van der Waals surface area contributed by atoms with Gasteiger partial charge < -0.3 is 19.5 Å². The molecule has 0 fully saturated rings. The molecule has 3 rings (SSSR count). The Bertz CT molecular complexity index is 820. The van der Waals surface area contributed by atoms with Crippen LogP contribution in [-0.2, 0) is 6.42 Å². The van der Waals surface area contributed by atoms with E-state index in [-0.39, 0.29) is 11.9 Å². The van der Waals surface area contributed by atoms with E-state index in [1.165, 1.54) is 11.1 Å². The van der Waals surface area contributed by atoms with Gasteiger partial charge in [-0.3, -0.25) is 9.69 Å². The van der Waals surface area contributed by atoms with Gasteiger partial charge in [-0.05, 0) is 60.5 Å². The van der Waals surface area contributed by atoms with E-state index in [2.05, 4.69) is 23.2 Å². The number of nitrogens with zero attached hydrogens (tertiary/aromatic N) is 1. The van der Waals surface area contributed by atoms with Crippen LogP contribution >= 0.6 is 0 Å². The lowest BCUT2D eigenvalue weighted by molar-refractivity contribution is 0.0930. The number of carbonyl (C=O) groups excluding carboxylic acids is 1. The van der Waals surface area contributed by atoms with E-state index in [1.54, 1.807) is 45.6 Å². The molecule has 6 nitrogen and oxygen atoms in total. The van der Waals surface area contributed by atoms with Crippen molar-refractivity contribution in [3.63, 3.8) is 0 Å². The van der Waals surface area contributed by atoms with Gasteiger partial charge in [0.05, 0.1) is 27.4 Å². The zero-order valence-electron chi connectivity index (χ0n) is 17.0. The van der Waals surface area contributed by atoms with E-state index in [1.807, 2.05) is 6.07 Å². The molecule has 1 N–H and O–H groups in total. The van der Waals surface area contributed by atoms with Crippen LogP contribution in [0, 0.1) is 0 Å². The number of carbonyl (C=O) groups is 1. The Labute approximate surface area is 166 Å². The highest BCUT2D eigenvalue weighted by Gasteiger charge is 2.28. The maximum Gasteiger partial charge on any atom is 0.251 e. The molecule has 1 heterocycles. The molecule has 1 atom stereocenters. The summed E-state index contributed by atoms with van der Waals surface area (Å²) in [6.45, 7) is 4.53. The third-order valence-corrected chi connectivity index (χ3v) is 5.33. The zero-order chi connectivity index (χ0) is 20.1. The van der Waals surface area contributed by atoms with Gasteiger partial charge in [0.15, 0.2) is 11.5 Å². The van der Waals surface area contributed by atoms with Crippen LogP contribution in [0.4, 0.5) is 0 Å². The summed E-state index contributed by atoms with van der Waals surface area (Å²) in [5.74, 6) is 2.10. The van der Waals surface area contributed by atoms with Crippen molar-refractivity contribution in [2.45, 2.75) is 19.4 Å². The third kappa shape index (κ3) is 4.07. The highest BCUT2D eigenvalue weighted by atomic mass is 16.5. The van der Waals surface area contributed by atoms with Gasteiger partial charge in [0.25, 0.3) is 5.91 Å². The molecule has 0 radical (unpaired) electrons. The Balaban J connectivity index is 1.80. The lowest BCUT2D eigenvalue weighted by Gasteiger charge is -2.37. The molecule has 2 aromatic carbocycles. The number of amides is 1. The Hall–Kier alpha value is -2.73. The standard InChI is InChI=1S/C22H28N2O4/c1-5-24-11-10-16-12-20(27-3)21(28-4)13-18(16)19(24)14-23-22(25)15-6-8-17(26-2)9-7-15/h6-9,12-13,19H,5,10-11,14H2,1-4H3,(H,23,25). The highest BCUT2D eigenvalue weighted by Crippen LogP contribution is 2.37. The number of fused-ring (bicyclic) bond motifs is 1. The minimum Gasteiger partial charge on any atom is -0.497 e. The number of likely N-dealkylation sites (N-methyl/N-ethyl adjacent to an activating group) is 1. The van der Waals surface area contributed by atoms with Crippen molar-refractivity contribution >= 4 is 5.91 Å². The summed E-state index contributed by atoms with van der Waals surface area (Å²) < 4.78 is 16.1. The highest BCUT2D eigenvalue weighted by molar-refractivity contribution is 5.94. The van der Waals surface area contributed by atoms with Crippen molar-refractivity contribution in [2.24, 2.45) is 0 Å². The largest absolute Gasteiger partial charge is 0.497 e. The number of ether oxygens (including phenoxy) is 3. The summed E-state index contributed by atoms with van der Waals surface area (Å²) in [4.78, 5) is 15.0. The number of hydrogen-bond donors (Lipinski definition) is 1. The Morgan fingerprint density at radius 3 is 2.36 bits per heavy atom. The van der Waals surface area contributed by atoms with Crippen LogP contribution < -0.4 is 19.5 Å². The third-order valence-electron chi connectivity index (χ3n) is 5.33. The van der Waals surface area contributed by atoms with Gasteiger partial charge in [-0.1, -0.05) is 6.92 Å². The quantitative estimate of drug-likeness (QED) is 0.795. The van der Waals surface area contributed by atoms with Gasteiger partial charge in [0, 0.05) is 18.7 Å². The van der Waals surface area contributed by atoms with Gasteiger partial charge in [0.1, 0.15) is 5.75 Å². The van der Waals surface area contributed by atoms with Crippen molar-refractivity contribution in [3.8, 4) is 17.2 Å². The van der Waals surface area contributed by atoms with Crippen molar-refractivity contribution < 1.29 is 19.0 Å². The molecular weight excluding hydrogens is 356 g/mol. The summed E-state index contributed by atoms with van der Waals surface area (Å²) in [5, 5.41) is 3.08. The maximum atomic E-state index is 12.6. The van der Waals surface area contributed by atoms with Crippen LogP contribution in [0.1, 0.15) is 34.5 Å². The fourth-order valence-electron chi connectivity index (χ4n) is 3.73. The van der Waals surface area contributed by atoms with Crippen LogP contribution in [0.2, 0.25) is 0 Å². The monoisotopic (exact) mass is 384 g/mol. The fourth-order valence-corrected chi connectivity index (χ4v) is 3.73. The lowest BCUT2D eigenvalue weighted by atomic mass is 9.91. The van der Waals surface area contributed by atoms with E-state index in [4.69, 9.17) is 14.2 Å². The van der Waals surface area contributed by atoms with Crippen molar-refractivity contribution in [1.82, 2.24) is 10.2 Å². The van der Waals surface area contributed by atoms with E-state index < -0.39 is 0 Å². The second kappa shape index (κ2) is 8.97. The minimum absolute atomic E-state index is 0.0914. The van der Waals surface area contributed by atoms with Crippen molar-refractivity contribution in [3.05, 3.63) is 53.1 Å². The van der Waals surface area contributed by atoms with E-state index in [9.17, 15) is 4.79 Å². The van der Waals surface area contributed by atoms with E-state index in [0.29, 0.717) is 17.9 Å². The number of benzene rings is 2. The number of hydrogen-bond acceptors (Lipinski definition) is 5. The molecule has 0 bridgehead atoms. The number of nitrogens with one attached hydrogen (secondary N) is 1. The maximum absolute atomic E-state index is 12.6. The summed E-state index contributed by atoms with van der Waals surface area (Å²) in [7, 11) is 4.90. The summed E-state index contributed by atoms with van der Waals surface area (Å²) in [6, 6.07) is 11.3. The average Bonchev–Trinajstić information content (AvgIpc) is 2.75. The van der Waals surface area contributed by atoms with Gasteiger partial charge in [-0.2, -0.15) is 0 Å². The zero-order valence-corrected chi connectivity index (χ0v) is 17.0. The number of rotatable bonds is 7. The molecule has 6 heteroatoms. The molecule has 1 aliphatic heterocycles. The fraction of sp³-hybridized carbons (Fsp3) is 0.409. The molecule has 0 aromatic heterocycles. The van der Waals surface area contributed by atoms with Crippen molar-refractivity contribution in [2.75, 3.05) is 41.0 Å². The SMILES string of the molecule is CCN1CCc2cc(OC)c(OC)cc2C1CNC(=O)c1ccc(OC)cc1. The van der Waals surface area contributed by atoms with Gasteiger partial charge in [-0.25, -0.2) is 0 Å². The van der Waals surface area contributed by atoms with Crippen LogP contribution in [0.25, 0.3) is 0 Å². The van der Waals surface area contributed by atoms with Crippen LogP contribution in [0.5, 0.6) is 17.2 Å². The second-order valence-electron chi connectivity index (χ2n) is 6.74. The lowest BCUT2D eigenvalue weighted by Crippen LogP contribution is -2.42. The van der Waals surface area contributed by atoms with Crippen LogP contribution in [0.15, 0.2) is 36.4 Å². The molecule has 150 valence electrons. The van der Waals surface area contributed by atoms with Crippen LogP contribution in [-0.4, -0.2) is 51.8 Å². The minimum atomic E-state index is -0.0914. The topological polar surface area (TPSA) is 60.0 Å². The first kappa shape index (κ1) is 20.0. The molecule has 1 unspecified atom stereocenters. The molecule has 0 spiro atoms. The molecule has 0 aliphatic carbocycles. The first-order valence-electron chi connectivity index (χ1n) is 9.52. The Morgan fingerprint density at radius 1 is 1.07 bits per heavy atom. The predicted molar refractivity (Wildman–Crippen MR) is 109 cm³/mol. The van der Waals surface area contributed by atoms with E-state index >= 15 is 0 Å². The Morgan fingerprint density at radius 2 is 1.75 bits per heavy atom. The summed E-state index contributed by atoms with van der Waals surface area (Å²) >= 11 is 0. The van der Waals surface area contributed by atoms with Gasteiger partial charge >= 0.3 is 0 Å². The number of methoxy groups -OCH3 is 3. The van der Waals surface area contributed by atoms with Crippen molar-refractivity contribution in [1.29, 1.82) is 0 Å². The van der Waals surface area contributed by atoms with Gasteiger partial charge in [-0.15, -0.1) is 0 Å². The molecular formula is C22H28N2O4. The molecule has 0 saturated heterocycles. The molecule has 2 aromatic rings. The van der Waals surface area contributed by atoms with Crippen LogP contribution in [0.3, 0.4) is 0 Å². The normalized spacial score (nSPS) is 16.2. The smallest absolute Gasteiger partial charge is 0.251 e. The molecule has 1 amide bonds. The second-order valence-corrected chi connectivity index (χ2v) is 6.74. The Kier molecular flexibility index (Phi) is 6.41. The predicted octanol–water partition coefficient (Wildman–Crippen LogP) is 3.06. The first-order chi connectivity index (χ1) is 13.6.